The molecule has 0 bridgehead atoms. The predicted molar refractivity (Wildman–Crippen MR) is 130 cm³/mol. The van der Waals surface area contributed by atoms with Crippen molar-refractivity contribution in [3.63, 3.8) is 0 Å². The molecule has 0 radical (unpaired) electrons. The zero-order valence-corrected chi connectivity index (χ0v) is 20.4. The molecule has 0 unspecified atom stereocenters. The van der Waals surface area contributed by atoms with Gasteiger partial charge in [0, 0.05) is 43.5 Å². The smallest absolute Gasteiger partial charge is 0.243 e. The molecule has 0 saturated carbocycles. The van der Waals surface area contributed by atoms with Crippen molar-refractivity contribution in [1.82, 2.24) is 4.31 Å². The van der Waals surface area contributed by atoms with Gasteiger partial charge in [0.15, 0.2) is 11.5 Å². The third kappa shape index (κ3) is 4.85. The van der Waals surface area contributed by atoms with Crippen molar-refractivity contribution in [1.29, 1.82) is 0 Å². The van der Waals surface area contributed by atoms with Gasteiger partial charge in [0.25, 0.3) is 0 Å². The molecule has 186 valence electrons. The highest BCUT2D eigenvalue weighted by Gasteiger charge is 2.36. The Morgan fingerprint density at radius 1 is 1.03 bits per heavy atom. The summed E-state index contributed by atoms with van der Waals surface area (Å²) in [5.74, 6) is 0.629. The van der Waals surface area contributed by atoms with Crippen LogP contribution in [-0.2, 0) is 19.6 Å². The molecule has 2 fully saturated rings. The second kappa shape index (κ2) is 9.50. The van der Waals surface area contributed by atoms with Gasteiger partial charge < -0.3 is 19.7 Å². The Morgan fingerprint density at radius 2 is 1.77 bits per heavy atom. The summed E-state index contributed by atoms with van der Waals surface area (Å²) >= 11 is 0. The quantitative estimate of drug-likeness (QED) is 0.678. The maximum absolute atomic E-state index is 13.0. The van der Waals surface area contributed by atoms with E-state index in [0.717, 1.165) is 12.8 Å². The average Bonchev–Trinajstić information content (AvgIpc) is 3.26. The van der Waals surface area contributed by atoms with E-state index in [1.807, 2.05) is 0 Å². The molecular formula is C25H29N3O6S. The van der Waals surface area contributed by atoms with Gasteiger partial charge in [-0.05, 0) is 55.2 Å². The molecular weight excluding hydrogens is 470 g/mol. The monoisotopic (exact) mass is 499 g/mol. The second-order valence-electron chi connectivity index (χ2n) is 9.36. The van der Waals surface area contributed by atoms with Gasteiger partial charge in [-0.15, -0.1) is 0 Å². The molecule has 0 aromatic heterocycles. The number of piperidine rings is 1. The Hall–Kier alpha value is -3.11. The van der Waals surface area contributed by atoms with E-state index in [0.29, 0.717) is 55.1 Å². The highest BCUT2D eigenvalue weighted by molar-refractivity contribution is 7.89. The fourth-order valence-corrected chi connectivity index (χ4v) is 6.40. The molecule has 2 saturated heterocycles. The van der Waals surface area contributed by atoms with Gasteiger partial charge in [-0.3, -0.25) is 9.59 Å². The number of benzene rings is 2. The van der Waals surface area contributed by atoms with E-state index in [1.54, 1.807) is 35.2 Å². The lowest BCUT2D eigenvalue weighted by Gasteiger charge is -2.30. The van der Waals surface area contributed by atoms with Crippen LogP contribution in [0.15, 0.2) is 47.4 Å². The molecule has 9 nitrogen and oxygen atoms in total. The van der Waals surface area contributed by atoms with Crippen LogP contribution in [0.25, 0.3) is 0 Å². The van der Waals surface area contributed by atoms with Crippen molar-refractivity contribution in [2.75, 3.05) is 43.1 Å². The number of rotatable bonds is 5. The number of anilines is 2. The lowest BCUT2D eigenvalue weighted by atomic mass is 10.0. The second-order valence-corrected chi connectivity index (χ2v) is 11.3. The number of nitrogens with zero attached hydrogens (tertiary/aromatic N) is 2. The van der Waals surface area contributed by atoms with Crippen LogP contribution >= 0.6 is 0 Å². The maximum atomic E-state index is 13.0. The van der Waals surface area contributed by atoms with E-state index in [1.165, 1.54) is 16.4 Å². The molecule has 3 heterocycles. The maximum Gasteiger partial charge on any atom is 0.243 e. The van der Waals surface area contributed by atoms with E-state index in [9.17, 15) is 18.0 Å². The minimum absolute atomic E-state index is 0.0971. The van der Waals surface area contributed by atoms with Gasteiger partial charge in [-0.25, -0.2) is 8.42 Å². The summed E-state index contributed by atoms with van der Waals surface area (Å²) in [5.41, 5.74) is 1.15. The summed E-state index contributed by atoms with van der Waals surface area (Å²) in [6.07, 6.45) is 1.99. The fraction of sp³-hybridized carbons (Fsp3) is 0.440. The molecule has 35 heavy (non-hydrogen) atoms. The van der Waals surface area contributed by atoms with Crippen molar-refractivity contribution in [2.45, 2.75) is 31.1 Å². The largest absolute Gasteiger partial charge is 0.486 e. The van der Waals surface area contributed by atoms with E-state index < -0.39 is 15.9 Å². The lowest BCUT2D eigenvalue weighted by molar-refractivity contribution is -0.122. The Morgan fingerprint density at radius 3 is 2.51 bits per heavy atom. The molecule has 2 aromatic carbocycles. The van der Waals surface area contributed by atoms with Crippen molar-refractivity contribution >= 4 is 33.2 Å². The van der Waals surface area contributed by atoms with Gasteiger partial charge in [-0.2, -0.15) is 4.31 Å². The first kappa shape index (κ1) is 23.6. The van der Waals surface area contributed by atoms with Gasteiger partial charge >= 0.3 is 0 Å². The zero-order valence-electron chi connectivity index (χ0n) is 19.6. The molecule has 0 spiro atoms. The summed E-state index contributed by atoms with van der Waals surface area (Å²) in [5, 5.41) is 2.82. The number of ether oxygens (including phenoxy) is 2. The third-order valence-corrected chi connectivity index (χ3v) is 8.59. The SMILES string of the molecule is C[C@@H]1CCCN(S(=O)(=O)c2ccc(NC(=O)[C@@H]3CC(=O)N(c4ccc5c(c4)OCCO5)C3)cc2)C1. The van der Waals surface area contributed by atoms with Crippen LogP contribution in [0.1, 0.15) is 26.2 Å². The van der Waals surface area contributed by atoms with Gasteiger partial charge in [-0.1, -0.05) is 6.92 Å². The normalized spacial score (nSPS) is 22.8. The number of sulfonamides is 1. The molecule has 3 aliphatic heterocycles. The molecule has 10 heteroatoms. The first-order valence-electron chi connectivity index (χ1n) is 11.9. The van der Waals surface area contributed by atoms with Crippen LogP contribution in [0.3, 0.4) is 0 Å². The molecule has 5 rings (SSSR count). The standard InChI is InChI=1S/C25H29N3O6S/c1-17-3-2-10-27(15-17)35(31,32)21-7-4-19(5-8-21)26-25(30)18-13-24(29)28(16-18)20-6-9-22-23(14-20)34-12-11-33-22/h4-9,14,17-18H,2-3,10-13,15-16H2,1H3,(H,26,30)/t17-,18-/m1/s1. The number of hydrogen-bond acceptors (Lipinski definition) is 6. The number of amides is 2. The highest BCUT2D eigenvalue weighted by atomic mass is 32.2. The summed E-state index contributed by atoms with van der Waals surface area (Å²) < 4.78 is 38.6. The first-order chi connectivity index (χ1) is 16.8. The third-order valence-electron chi connectivity index (χ3n) is 6.71. The summed E-state index contributed by atoms with van der Waals surface area (Å²) in [4.78, 5) is 27.3. The van der Waals surface area contributed by atoms with Crippen LogP contribution in [-0.4, -0.2) is 57.4 Å². The lowest BCUT2D eigenvalue weighted by Crippen LogP contribution is -2.39. The van der Waals surface area contributed by atoms with Crippen molar-refractivity contribution < 1.29 is 27.5 Å². The van der Waals surface area contributed by atoms with Crippen LogP contribution in [0.4, 0.5) is 11.4 Å². The molecule has 2 amide bonds. The van der Waals surface area contributed by atoms with E-state index in [-0.39, 0.29) is 29.7 Å². The first-order valence-corrected chi connectivity index (χ1v) is 13.4. The van der Waals surface area contributed by atoms with Crippen LogP contribution in [0.2, 0.25) is 0 Å². The minimum Gasteiger partial charge on any atom is -0.486 e. The van der Waals surface area contributed by atoms with Crippen molar-refractivity contribution in [3.8, 4) is 11.5 Å². The Kier molecular flexibility index (Phi) is 6.41. The number of carbonyl (C=O) groups is 2. The van der Waals surface area contributed by atoms with E-state index >= 15 is 0 Å². The van der Waals surface area contributed by atoms with Gasteiger partial charge in [0.2, 0.25) is 21.8 Å². The average molecular weight is 500 g/mol. The van der Waals surface area contributed by atoms with Crippen LogP contribution < -0.4 is 19.7 Å². The zero-order chi connectivity index (χ0) is 24.6. The predicted octanol–water partition coefficient (Wildman–Crippen LogP) is 2.87. The Bertz CT molecular complexity index is 1230. The highest BCUT2D eigenvalue weighted by Crippen LogP contribution is 2.36. The van der Waals surface area contributed by atoms with Crippen LogP contribution in [0, 0.1) is 11.8 Å². The fourth-order valence-electron chi connectivity index (χ4n) is 4.80. The van der Waals surface area contributed by atoms with E-state index in [2.05, 4.69) is 12.2 Å². The molecule has 0 aliphatic carbocycles. The topological polar surface area (TPSA) is 105 Å². The molecule has 2 atom stereocenters. The van der Waals surface area contributed by atoms with Crippen LogP contribution in [0.5, 0.6) is 11.5 Å². The van der Waals surface area contributed by atoms with Gasteiger partial charge in [0.1, 0.15) is 13.2 Å². The van der Waals surface area contributed by atoms with Crippen molar-refractivity contribution in [2.24, 2.45) is 11.8 Å². The van der Waals surface area contributed by atoms with Crippen molar-refractivity contribution in [3.05, 3.63) is 42.5 Å². The number of fused-ring (bicyclic) bond motifs is 1. The molecule has 2 aromatic rings. The number of hydrogen-bond donors (Lipinski definition) is 1. The number of nitrogens with one attached hydrogen (secondary N) is 1. The summed E-state index contributed by atoms with van der Waals surface area (Å²) in [6, 6.07) is 11.5. The summed E-state index contributed by atoms with van der Waals surface area (Å²) in [6.45, 7) is 4.30. The molecule has 3 aliphatic rings. The number of carbonyl (C=O) groups excluding carboxylic acids is 2. The summed E-state index contributed by atoms with van der Waals surface area (Å²) in [7, 11) is -3.56. The van der Waals surface area contributed by atoms with E-state index in [4.69, 9.17) is 9.47 Å². The molecule has 1 N–H and O–H groups in total. The minimum atomic E-state index is -3.56. The Balaban J connectivity index is 1.23. The van der Waals surface area contributed by atoms with Gasteiger partial charge in [0.05, 0.1) is 10.8 Å². The Labute approximate surface area is 205 Å².